The standard InChI is InChI=1S/C36H42Cl2N2O6/c1-20(2)18-40(31(43)16-24-7-9-26(37)27(38)15-24)28-11-12-36(46-22(4)42)30-17-25-8-10-29(44-21(3)41)33-32(25)35(36,34(28)45-33)13-14-39(30)19-23-5-6-23/h7-10,15,20,23,28,30,34H,5-6,11-14,16-19H2,1-4H3/t28-,30-,34+,35+,36-/m1/s1. The van der Waals surface area contributed by atoms with Crippen LogP contribution in [-0.2, 0) is 37.4 Å². The Morgan fingerprint density at radius 3 is 2.50 bits per heavy atom. The predicted octanol–water partition coefficient (Wildman–Crippen LogP) is 6.15. The molecule has 5 atom stereocenters. The largest absolute Gasteiger partial charge is 0.483 e. The van der Waals surface area contributed by atoms with Gasteiger partial charge in [0.25, 0.3) is 0 Å². The number of amides is 1. The Kier molecular flexibility index (Phi) is 8.09. The number of hydrogen-bond donors (Lipinski definition) is 0. The van der Waals surface area contributed by atoms with Gasteiger partial charge in [-0.15, -0.1) is 0 Å². The predicted molar refractivity (Wildman–Crippen MR) is 174 cm³/mol. The van der Waals surface area contributed by atoms with Crippen LogP contribution in [0.1, 0.15) is 76.5 Å². The third kappa shape index (κ3) is 5.10. The number of halogens is 2. The van der Waals surface area contributed by atoms with E-state index in [1.54, 1.807) is 12.1 Å². The van der Waals surface area contributed by atoms with E-state index in [1.165, 1.54) is 26.7 Å². The molecular weight excluding hydrogens is 627 g/mol. The van der Waals surface area contributed by atoms with Gasteiger partial charge in [0.05, 0.1) is 34.0 Å². The van der Waals surface area contributed by atoms with Crippen molar-refractivity contribution < 1.29 is 28.6 Å². The molecule has 2 saturated carbocycles. The van der Waals surface area contributed by atoms with Gasteiger partial charge in [0, 0.05) is 32.5 Å². The number of esters is 2. The molecule has 3 aliphatic carbocycles. The number of benzene rings is 2. The van der Waals surface area contributed by atoms with E-state index < -0.39 is 23.1 Å². The molecule has 3 fully saturated rings. The number of rotatable bonds is 9. The Labute approximate surface area is 280 Å². The zero-order valence-electron chi connectivity index (χ0n) is 26.9. The Hall–Kier alpha value is -2.81. The summed E-state index contributed by atoms with van der Waals surface area (Å²) in [6, 6.07) is 8.90. The molecule has 1 spiro atoms. The van der Waals surface area contributed by atoms with Gasteiger partial charge in [0.2, 0.25) is 5.91 Å². The molecule has 2 aromatic carbocycles. The molecule has 8 nitrogen and oxygen atoms in total. The van der Waals surface area contributed by atoms with Crippen molar-refractivity contribution in [2.45, 2.75) is 102 Å². The molecule has 0 aromatic heterocycles. The second-order valence-electron chi connectivity index (χ2n) is 14.4. The summed E-state index contributed by atoms with van der Waals surface area (Å²) >= 11 is 12.5. The first-order valence-corrected chi connectivity index (χ1v) is 17.4. The summed E-state index contributed by atoms with van der Waals surface area (Å²) < 4.78 is 19.4. The van der Waals surface area contributed by atoms with Crippen molar-refractivity contribution in [1.29, 1.82) is 0 Å². The van der Waals surface area contributed by atoms with Gasteiger partial charge in [-0.05, 0) is 86.2 Å². The smallest absolute Gasteiger partial charge is 0.308 e. The normalized spacial score (nSPS) is 29.2. The van der Waals surface area contributed by atoms with Crippen molar-refractivity contribution in [2.24, 2.45) is 11.8 Å². The molecule has 246 valence electrons. The monoisotopic (exact) mass is 668 g/mol. The average molecular weight is 670 g/mol. The third-order valence-electron chi connectivity index (χ3n) is 10.9. The fraction of sp³-hybridized carbons (Fsp3) is 0.583. The number of likely N-dealkylation sites (tertiary alicyclic amines) is 1. The van der Waals surface area contributed by atoms with E-state index >= 15 is 0 Å². The summed E-state index contributed by atoms with van der Waals surface area (Å²) in [5.41, 5.74) is 1.38. The van der Waals surface area contributed by atoms with Crippen molar-refractivity contribution in [2.75, 3.05) is 19.6 Å². The number of nitrogens with zero attached hydrogens (tertiary/aromatic N) is 2. The molecule has 2 aliphatic heterocycles. The fourth-order valence-electron chi connectivity index (χ4n) is 9.18. The molecule has 2 bridgehead atoms. The van der Waals surface area contributed by atoms with E-state index in [1.807, 2.05) is 17.0 Å². The first-order valence-electron chi connectivity index (χ1n) is 16.6. The highest BCUT2D eigenvalue weighted by atomic mass is 35.5. The van der Waals surface area contributed by atoms with E-state index in [4.69, 9.17) is 37.4 Å². The van der Waals surface area contributed by atoms with Gasteiger partial charge in [0.15, 0.2) is 11.5 Å². The number of hydrogen-bond acceptors (Lipinski definition) is 7. The Morgan fingerprint density at radius 1 is 1.04 bits per heavy atom. The molecule has 0 radical (unpaired) electrons. The Bertz CT molecular complexity index is 1590. The molecule has 2 aromatic rings. The minimum absolute atomic E-state index is 0.0127. The van der Waals surface area contributed by atoms with Gasteiger partial charge in [-0.1, -0.05) is 49.2 Å². The Morgan fingerprint density at radius 2 is 1.83 bits per heavy atom. The second kappa shape index (κ2) is 11.7. The molecule has 0 unspecified atom stereocenters. The van der Waals surface area contributed by atoms with Crippen molar-refractivity contribution in [3.05, 3.63) is 57.1 Å². The minimum Gasteiger partial charge on any atom is -0.483 e. The molecule has 7 rings (SSSR count). The lowest BCUT2D eigenvalue weighted by molar-refractivity contribution is -0.224. The number of carbonyl (C=O) groups is 3. The van der Waals surface area contributed by atoms with Crippen LogP contribution in [0.2, 0.25) is 10.0 Å². The van der Waals surface area contributed by atoms with Crippen LogP contribution in [0.15, 0.2) is 30.3 Å². The first kappa shape index (κ1) is 31.8. The molecule has 1 saturated heterocycles. The van der Waals surface area contributed by atoms with E-state index in [9.17, 15) is 14.4 Å². The van der Waals surface area contributed by atoms with Crippen molar-refractivity contribution in [3.63, 3.8) is 0 Å². The van der Waals surface area contributed by atoms with Crippen LogP contribution in [0.3, 0.4) is 0 Å². The number of carbonyl (C=O) groups excluding carboxylic acids is 3. The van der Waals surface area contributed by atoms with E-state index in [2.05, 4.69) is 24.8 Å². The van der Waals surface area contributed by atoms with Crippen LogP contribution < -0.4 is 9.47 Å². The van der Waals surface area contributed by atoms with Crippen molar-refractivity contribution in [3.8, 4) is 11.5 Å². The maximum absolute atomic E-state index is 14.3. The zero-order valence-corrected chi connectivity index (χ0v) is 28.5. The quantitative estimate of drug-likeness (QED) is 0.234. The van der Waals surface area contributed by atoms with Crippen LogP contribution in [0.5, 0.6) is 11.5 Å². The molecule has 46 heavy (non-hydrogen) atoms. The molecular formula is C36H42Cl2N2O6. The fourth-order valence-corrected chi connectivity index (χ4v) is 9.50. The highest BCUT2D eigenvalue weighted by Gasteiger charge is 2.76. The van der Waals surface area contributed by atoms with Crippen molar-refractivity contribution in [1.82, 2.24) is 9.80 Å². The summed E-state index contributed by atoms with van der Waals surface area (Å²) in [7, 11) is 0. The number of ether oxygens (including phenoxy) is 3. The summed E-state index contributed by atoms with van der Waals surface area (Å²) in [6.45, 7) is 9.48. The molecule has 5 aliphatic rings. The van der Waals surface area contributed by atoms with Crippen molar-refractivity contribution >= 4 is 41.0 Å². The zero-order chi connectivity index (χ0) is 32.5. The maximum atomic E-state index is 14.3. The second-order valence-corrected chi connectivity index (χ2v) is 15.2. The van der Waals surface area contributed by atoms with Crippen LogP contribution in [0.4, 0.5) is 0 Å². The summed E-state index contributed by atoms with van der Waals surface area (Å²) in [4.78, 5) is 44.2. The molecule has 1 amide bonds. The van der Waals surface area contributed by atoms with Crippen LogP contribution in [0.25, 0.3) is 0 Å². The van der Waals surface area contributed by atoms with Crippen LogP contribution in [-0.4, -0.2) is 71.1 Å². The maximum Gasteiger partial charge on any atom is 0.308 e. The number of piperidine rings is 1. The van der Waals surface area contributed by atoms with Gasteiger partial charge in [0.1, 0.15) is 11.7 Å². The summed E-state index contributed by atoms with van der Waals surface area (Å²) in [5.74, 6) is 1.05. The topological polar surface area (TPSA) is 85.4 Å². The van der Waals surface area contributed by atoms with Gasteiger partial charge in [-0.25, -0.2) is 0 Å². The molecule has 10 heteroatoms. The lowest BCUT2D eigenvalue weighted by Crippen LogP contribution is -2.79. The van der Waals surface area contributed by atoms with Gasteiger partial charge in [-0.3, -0.25) is 19.3 Å². The highest BCUT2D eigenvalue weighted by molar-refractivity contribution is 6.42. The lowest BCUT2D eigenvalue weighted by atomic mass is 9.48. The summed E-state index contributed by atoms with van der Waals surface area (Å²) in [6.07, 6.45) is 4.80. The lowest BCUT2D eigenvalue weighted by Gasteiger charge is -2.65. The molecule has 0 N–H and O–H groups in total. The van der Waals surface area contributed by atoms with E-state index in [-0.39, 0.29) is 36.3 Å². The van der Waals surface area contributed by atoms with Crippen LogP contribution >= 0.6 is 23.2 Å². The SMILES string of the molecule is CC(=O)Oc1ccc2c3c1O[C@H]1[C@H](N(CC(C)C)C(=O)Cc4ccc(Cl)c(Cl)c4)CC[C@@]4(OC(C)=O)[C@@H](C2)N(CC2CC2)CC[C@]314. The highest BCUT2D eigenvalue weighted by Crippen LogP contribution is 2.67. The Balaban J connectivity index is 1.35. The molecule has 2 heterocycles. The van der Waals surface area contributed by atoms with Gasteiger partial charge in [-0.2, -0.15) is 0 Å². The average Bonchev–Trinajstić information content (AvgIpc) is 3.73. The first-order chi connectivity index (χ1) is 21.9. The summed E-state index contributed by atoms with van der Waals surface area (Å²) in [5, 5.41) is 0.859. The van der Waals surface area contributed by atoms with E-state index in [0.29, 0.717) is 53.3 Å². The van der Waals surface area contributed by atoms with E-state index in [0.717, 1.165) is 36.2 Å². The third-order valence-corrected chi connectivity index (χ3v) is 11.6. The van der Waals surface area contributed by atoms with Gasteiger partial charge < -0.3 is 19.1 Å². The minimum atomic E-state index is -0.837. The van der Waals surface area contributed by atoms with Gasteiger partial charge >= 0.3 is 11.9 Å². The van der Waals surface area contributed by atoms with Crippen LogP contribution in [0, 0.1) is 11.8 Å².